The van der Waals surface area contributed by atoms with Crippen molar-refractivity contribution in [2.75, 3.05) is 44.2 Å². The molecule has 3 rings (SSSR count). The molecule has 2 aliphatic rings. The Hall–Kier alpha value is -2.08. The molecule has 6 nitrogen and oxygen atoms in total. The van der Waals surface area contributed by atoms with Crippen molar-refractivity contribution in [3.63, 3.8) is 0 Å². The minimum Gasteiger partial charge on any atom is -0.369 e. The van der Waals surface area contributed by atoms with Gasteiger partial charge in [-0.2, -0.15) is 0 Å². The molecule has 1 aromatic rings. The van der Waals surface area contributed by atoms with Gasteiger partial charge in [0.1, 0.15) is 0 Å². The first-order valence-corrected chi connectivity index (χ1v) is 8.83. The molecule has 1 saturated heterocycles. The lowest BCUT2D eigenvalue weighted by molar-refractivity contribution is -0.139. The van der Waals surface area contributed by atoms with Gasteiger partial charge in [-0.25, -0.2) is 0 Å². The molecule has 130 valence electrons. The van der Waals surface area contributed by atoms with Crippen molar-refractivity contribution in [2.45, 2.75) is 25.3 Å². The summed E-state index contributed by atoms with van der Waals surface area (Å²) in [4.78, 5) is 28.0. The largest absolute Gasteiger partial charge is 0.369 e. The molecule has 0 bridgehead atoms. The molecule has 2 fully saturated rings. The van der Waals surface area contributed by atoms with Crippen LogP contribution in [-0.4, -0.2) is 62.0 Å². The number of amides is 2. The lowest BCUT2D eigenvalue weighted by Gasteiger charge is -2.36. The molecule has 0 aromatic heterocycles. The van der Waals surface area contributed by atoms with Crippen LogP contribution in [0.1, 0.15) is 19.3 Å². The highest BCUT2D eigenvalue weighted by Crippen LogP contribution is 2.18. The summed E-state index contributed by atoms with van der Waals surface area (Å²) in [6, 6.07) is 10.7. The molecule has 0 unspecified atom stereocenters. The average molecular weight is 330 g/mol. The van der Waals surface area contributed by atoms with Gasteiger partial charge in [0.15, 0.2) is 0 Å². The maximum atomic E-state index is 11.6. The summed E-state index contributed by atoms with van der Waals surface area (Å²) in [6.07, 6.45) is 2.86. The third kappa shape index (κ3) is 4.96. The topological polar surface area (TPSA) is 64.7 Å². The van der Waals surface area contributed by atoms with Crippen LogP contribution >= 0.6 is 0 Å². The lowest BCUT2D eigenvalue weighted by Crippen LogP contribution is -2.47. The first-order valence-electron chi connectivity index (χ1n) is 8.83. The number of para-hydroxylation sites is 1. The molecule has 1 heterocycles. The van der Waals surface area contributed by atoms with E-state index in [0.717, 1.165) is 52.0 Å². The number of rotatable bonds is 6. The van der Waals surface area contributed by atoms with E-state index >= 15 is 0 Å². The zero-order chi connectivity index (χ0) is 16.8. The third-order valence-electron chi connectivity index (χ3n) is 4.55. The predicted molar refractivity (Wildman–Crippen MR) is 93.9 cm³/mol. The van der Waals surface area contributed by atoms with Crippen molar-refractivity contribution >= 4 is 17.5 Å². The van der Waals surface area contributed by atoms with Crippen molar-refractivity contribution < 1.29 is 9.59 Å². The molecule has 0 radical (unpaired) electrons. The molecular weight excluding hydrogens is 304 g/mol. The highest BCUT2D eigenvalue weighted by Gasteiger charge is 2.26. The summed E-state index contributed by atoms with van der Waals surface area (Å²) in [7, 11) is 0. The smallest absolute Gasteiger partial charge is 0.309 e. The molecule has 0 atom stereocenters. The summed E-state index contributed by atoms with van der Waals surface area (Å²) in [5.74, 6) is -0.996. The second-order valence-electron chi connectivity index (χ2n) is 6.52. The van der Waals surface area contributed by atoms with Gasteiger partial charge in [-0.3, -0.25) is 14.5 Å². The van der Waals surface area contributed by atoms with E-state index in [0.29, 0.717) is 6.54 Å². The number of piperazine rings is 1. The number of carbonyl (C=O) groups is 2. The molecular formula is C18H26N4O2. The summed E-state index contributed by atoms with van der Waals surface area (Å²) < 4.78 is 0. The fraction of sp³-hybridized carbons (Fsp3) is 0.556. The molecule has 6 heteroatoms. The van der Waals surface area contributed by atoms with E-state index in [1.54, 1.807) is 0 Å². The van der Waals surface area contributed by atoms with E-state index in [2.05, 4.69) is 44.7 Å². The van der Waals surface area contributed by atoms with Crippen molar-refractivity contribution in [3.05, 3.63) is 30.3 Å². The summed E-state index contributed by atoms with van der Waals surface area (Å²) >= 11 is 0. The van der Waals surface area contributed by atoms with Crippen LogP contribution < -0.4 is 15.5 Å². The standard InChI is InChI=1S/C18H26N4O2/c23-17(18(24)20-15-7-8-15)19-9-4-10-21-11-13-22(14-12-21)16-5-2-1-3-6-16/h1-3,5-6,15H,4,7-14H2,(H,19,23)(H,20,24). The van der Waals surface area contributed by atoms with Crippen LogP contribution in [0.15, 0.2) is 30.3 Å². The van der Waals surface area contributed by atoms with Crippen molar-refractivity contribution in [1.29, 1.82) is 0 Å². The molecule has 2 amide bonds. The van der Waals surface area contributed by atoms with Gasteiger partial charge in [-0.15, -0.1) is 0 Å². The predicted octanol–water partition coefficient (Wildman–Crippen LogP) is 0.594. The molecule has 1 aromatic carbocycles. The van der Waals surface area contributed by atoms with Crippen LogP contribution in [0.25, 0.3) is 0 Å². The van der Waals surface area contributed by atoms with Crippen molar-refractivity contribution in [1.82, 2.24) is 15.5 Å². The Morgan fingerprint density at radius 2 is 1.71 bits per heavy atom. The molecule has 1 saturated carbocycles. The Bertz CT molecular complexity index is 551. The average Bonchev–Trinajstić information content (AvgIpc) is 3.44. The Morgan fingerprint density at radius 1 is 1.00 bits per heavy atom. The second kappa shape index (κ2) is 8.15. The van der Waals surface area contributed by atoms with E-state index < -0.39 is 11.8 Å². The van der Waals surface area contributed by atoms with Gasteiger partial charge in [0.25, 0.3) is 0 Å². The van der Waals surface area contributed by atoms with E-state index in [1.165, 1.54) is 5.69 Å². The normalized spacial score (nSPS) is 18.2. The molecule has 0 spiro atoms. The molecule has 1 aliphatic heterocycles. The number of hydrogen-bond donors (Lipinski definition) is 2. The number of hydrogen-bond acceptors (Lipinski definition) is 4. The summed E-state index contributed by atoms with van der Waals surface area (Å²) in [6.45, 7) is 5.62. The minimum atomic E-state index is -0.504. The zero-order valence-electron chi connectivity index (χ0n) is 14.0. The summed E-state index contributed by atoms with van der Waals surface area (Å²) in [5, 5.41) is 5.40. The number of nitrogens with zero attached hydrogens (tertiary/aromatic N) is 2. The van der Waals surface area contributed by atoms with E-state index in [-0.39, 0.29) is 6.04 Å². The number of anilines is 1. The molecule has 1 aliphatic carbocycles. The first-order chi connectivity index (χ1) is 11.7. The van der Waals surface area contributed by atoms with Crippen LogP contribution in [-0.2, 0) is 9.59 Å². The zero-order valence-corrected chi connectivity index (χ0v) is 14.0. The maximum Gasteiger partial charge on any atom is 0.309 e. The maximum absolute atomic E-state index is 11.6. The van der Waals surface area contributed by atoms with Crippen LogP contribution in [0.4, 0.5) is 5.69 Å². The minimum absolute atomic E-state index is 0.226. The molecule has 24 heavy (non-hydrogen) atoms. The third-order valence-corrected chi connectivity index (χ3v) is 4.55. The lowest BCUT2D eigenvalue weighted by atomic mass is 10.2. The second-order valence-corrected chi connectivity index (χ2v) is 6.52. The van der Waals surface area contributed by atoms with Gasteiger partial charge in [-0.05, 0) is 37.9 Å². The van der Waals surface area contributed by atoms with Gasteiger partial charge in [0.2, 0.25) is 0 Å². The van der Waals surface area contributed by atoms with E-state index in [4.69, 9.17) is 0 Å². The van der Waals surface area contributed by atoms with Gasteiger partial charge in [-0.1, -0.05) is 18.2 Å². The van der Waals surface area contributed by atoms with Gasteiger partial charge < -0.3 is 15.5 Å². The monoisotopic (exact) mass is 330 g/mol. The van der Waals surface area contributed by atoms with Gasteiger partial charge in [0.05, 0.1) is 0 Å². The van der Waals surface area contributed by atoms with E-state index in [9.17, 15) is 9.59 Å². The van der Waals surface area contributed by atoms with Gasteiger partial charge >= 0.3 is 11.8 Å². The Kier molecular flexibility index (Phi) is 5.69. The van der Waals surface area contributed by atoms with E-state index in [1.807, 2.05) is 6.07 Å². The summed E-state index contributed by atoms with van der Waals surface area (Å²) in [5.41, 5.74) is 1.28. The Labute approximate surface area is 143 Å². The van der Waals surface area contributed by atoms with Crippen LogP contribution in [0, 0.1) is 0 Å². The number of benzene rings is 1. The van der Waals surface area contributed by atoms with Gasteiger partial charge in [0, 0.05) is 44.5 Å². The van der Waals surface area contributed by atoms with Crippen LogP contribution in [0.2, 0.25) is 0 Å². The first kappa shape index (κ1) is 16.8. The SMILES string of the molecule is O=C(NCCCN1CCN(c2ccccc2)CC1)C(=O)NC1CC1. The van der Waals surface area contributed by atoms with Crippen LogP contribution in [0.3, 0.4) is 0 Å². The fourth-order valence-corrected chi connectivity index (χ4v) is 2.93. The number of nitrogens with one attached hydrogen (secondary N) is 2. The van der Waals surface area contributed by atoms with Crippen molar-refractivity contribution in [2.24, 2.45) is 0 Å². The Morgan fingerprint density at radius 3 is 2.38 bits per heavy atom. The quantitative estimate of drug-likeness (QED) is 0.592. The van der Waals surface area contributed by atoms with Crippen LogP contribution in [0.5, 0.6) is 0 Å². The highest BCUT2D eigenvalue weighted by atomic mass is 16.2. The Balaban J connectivity index is 1.28. The fourth-order valence-electron chi connectivity index (χ4n) is 2.93. The number of carbonyl (C=O) groups excluding carboxylic acids is 2. The molecule has 2 N–H and O–H groups in total. The van der Waals surface area contributed by atoms with Crippen molar-refractivity contribution in [3.8, 4) is 0 Å². The highest BCUT2D eigenvalue weighted by molar-refractivity contribution is 6.35.